The number of amides is 1. The van der Waals surface area contributed by atoms with Crippen LogP contribution in [0.25, 0.3) is 0 Å². The maximum Gasteiger partial charge on any atom is 0.242 e. The minimum absolute atomic E-state index is 0.388. The molecule has 0 saturated carbocycles. The minimum atomic E-state index is -0.849. The summed E-state index contributed by atoms with van der Waals surface area (Å²) in [6.45, 7) is 6.68. The van der Waals surface area contributed by atoms with E-state index in [1.807, 2.05) is 6.07 Å². The molecule has 16 heavy (non-hydrogen) atoms. The highest BCUT2D eigenvalue weighted by Crippen LogP contribution is 2.19. The molecule has 1 amide bonds. The van der Waals surface area contributed by atoms with Crippen molar-refractivity contribution >= 4 is 5.91 Å². The van der Waals surface area contributed by atoms with E-state index in [9.17, 15) is 4.79 Å². The van der Waals surface area contributed by atoms with Gasteiger partial charge in [0.05, 0.1) is 0 Å². The predicted molar refractivity (Wildman–Crippen MR) is 63.6 cm³/mol. The van der Waals surface area contributed by atoms with Crippen LogP contribution in [-0.4, -0.2) is 17.4 Å². The first-order valence-electron chi connectivity index (χ1n) is 5.42. The number of hydrogen-bond donors (Lipinski definition) is 2. The fourth-order valence-electron chi connectivity index (χ4n) is 1.40. The molecule has 0 spiro atoms. The predicted octanol–water partition coefficient (Wildman–Crippen LogP) is 1.03. The number of rotatable bonds is 5. The molecule has 4 nitrogen and oxygen atoms in total. The number of nitrogens with zero attached hydrogens (tertiary/aromatic N) is 1. The summed E-state index contributed by atoms with van der Waals surface area (Å²) in [4.78, 5) is 15.6. The summed E-state index contributed by atoms with van der Waals surface area (Å²) in [5.74, 6) is 0.0662. The highest BCUT2D eigenvalue weighted by atomic mass is 16.1. The maximum absolute atomic E-state index is 11.6. The molecule has 1 rings (SSSR count). The number of nitrogens with two attached hydrogens (primary N) is 1. The minimum Gasteiger partial charge on any atom is -0.368 e. The Kier molecular flexibility index (Phi) is 4.01. The van der Waals surface area contributed by atoms with Gasteiger partial charge in [-0.2, -0.15) is 0 Å². The lowest BCUT2D eigenvalue weighted by atomic mass is 9.92. The molecule has 0 aromatic carbocycles. The molecule has 0 saturated heterocycles. The van der Waals surface area contributed by atoms with Gasteiger partial charge in [-0.15, -0.1) is 0 Å². The van der Waals surface area contributed by atoms with Gasteiger partial charge in [-0.3, -0.25) is 15.1 Å². The van der Waals surface area contributed by atoms with Crippen molar-refractivity contribution in [1.82, 2.24) is 10.3 Å². The zero-order chi connectivity index (χ0) is 12.2. The number of aromatic nitrogens is 1. The molecule has 0 bridgehead atoms. The van der Waals surface area contributed by atoms with Crippen LogP contribution in [0.2, 0.25) is 0 Å². The van der Waals surface area contributed by atoms with Gasteiger partial charge >= 0.3 is 0 Å². The van der Waals surface area contributed by atoms with E-state index in [0.717, 1.165) is 12.1 Å². The molecule has 0 aliphatic heterocycles. The van der Waals surface area contributed by atoms with E-state index in [-0.39, 0.29) is 5.91 Å². The van der Waals surface area contributed by atoms with E-state index < -0.39 is 5.54 Å². The molecule has 0 radical (unpaired) electrons. The Morgan fingerprint density at radius 2 is 2.31 bits per heavy atom. The summed E-state index contributed by atoms with van der Waals surface area (Å²) in [6, 6.07) is 3.65. The number of nitrogens with one attached hydrogen (secondary N) is 1. The van der Waals surface area contributed by atoms with E-state index in [2.05, 4.69) is 24.1 Å². The zero-order valence-corrected chi connectivity index (χ0v) is 10.0. The molecule has 0 fully saturated rings. The van der Waals surface area contributed by atoms with Gasteiger partial charge in [-0.05, 0) is 31.0 Å². The van der Waals surface area contributed by atoms with Gasteiger partial charge in [0.1, 0.15) is 5.54 Å². The lowest BCUT2D eigenvalue weighted by molar-refractivity contribution is -0.124. The molecule has 1 aromatic rings. The molecular weight excluding hydrogens is 202 g/mol. The molecule has 0 aliphatic rings. The highest BCUT2D eigenvalue weighted by molar-refractivity contribution is 5.85. The number of primary amides is 1. The summed E-state index contributed by atoms with van der Waals surface area (Å²) in [7, 11) is 0. The Bertz CT molecular complexity index is 351. The third-order valence-electron chi connectivity index (χ3n) is 2.60. The van der Waals surface area contributed by atoms with Crippen molar-refractivity contribution in [3.63, 3.8) is 0 Å². The van der Waals surface area contributed by atoms with Crippen LogP contribution >= 0.6 is 0 Å². The molecular formula is C12H19N3O. The Balaban J connectivity index is 2.93. The summed E-state index contributed by atoms with van der Waals surface area (Å²) in [5.41, 5.74) is 5.41. The van der Waals surface area contributed by atoms with Crippen LogP contribution in [0.4, 0.5) is 0 Å². The maximum atomic E-state index is 11.6. The van der Waals surface area contributed by atoms with Gasteiger partial charge in [0, 0.05) is 12.4 Å². The highest BCUT2D eigenvalue weighted by Gasteiger charge is 2.32. The summed E-state index contributed by atoms with van der Waals surface area (Å²) >= 11 is 0. The second-order valence-electron chi connectivity index (χ2n) is 4.51. The second kappa shape index (κ2) is 5.07. The van der Waals surface area contributed by atoms with Crippen molar-refractivity contribution in [2.45, 2.75) is 26.3 Å². The molecule has 1 unspecified atom stereocenters. The first kappa shape index (κ1) is 12.6. The van der Waals surface area contributed by atoms with E-state index in [4.69, 9.17) is 5.73 Å². The third-order valence-corrected chi connectivity index (χ3v) is 2.60. The summed E-state index contributed by atoms with van der Waals surface area (Å²) < 4.78 is 0. The monoisotopic (exact) mass is 221 g/mol. The first-order chi connectivity index (χ1) is 7.47. The largest absolute Gasteiger partial charge is 0.368 e. The molecule has 4 heteroatoms. The number of carbonyl (C=O) groups excluding carboxylic acids is 1. The fourth-order valence-corrected chi connectivity index (χ4v) is 1.40. The van der Waals surface area contributed by atoms with Gasteiger partial charge in [-0.25, -0.2) is 0 Å². The number of hydrogen-bond acceptors (Lipinski definition) is 3. The number of pyridine rings is 1. The van der Waals surface area contributed by atoms with E-state index in [0.29, 0.717) is 5.92 Å². The van der Waals surface area contributed by atoms with Gasteiger partial charge in [0.2, 0.25) is 5.91 Å². The van der Waals surface area contributed by atoms with Crippen molar-refractivity contribution in [3.05, 3.63) is 30.1 Å². The number of carbonyl (C=O) groups is 1. The van der Waals surface area contributed by atoms with Crippen LogP contribution in [0.3, 0.4) is 0 Å². The summed E-state index contributed by atoms with van der Waals surface area (Å²) in [5, 5.41) is 3.20. The van der Waals surface area contributed by atoms with Crippen molar-refractivity contribution in [3.8, 4) is 0 Å². The van der Waals surface area contributed by atoms with E-state index in [1.54, 1.807) is 25.4 Å². The van der Waals surface area contributed by atoms with Crippen molar-refractivity contribution in [2.75, 3.05) is 6.54 Å². The molecule has 1 aromatic heterocycles. The topological polar surface area (TPSA) is 68.0 Å². The van der Waals surface area contributed by atoms with Crippen molar-refractivity contribution in [2.24, 2.45) is 11.7 Å². The van der Waals surface area contributed by atoms with Crippen LogP contribution in [0.15, 0.2) is 24.5 Å². The normalized spacial score (nSPS) is 14.8. The van der Waals surface area contributed by atoms with Crippen LogP contribution in [-0.2, 0) is 10.3 Å². The van der Waals surface area contributed by atoms with Gasteiger partial charge < -0.3 is 5.73 Å². The van der Waals surface area contributed by atoms with Crippen LogP contribution in [0, 0.1) is 5.92 Å². The van der Waals surface area contributed by atoms with Crippen LogP contribution in [0.1, 0.15) is 26.3 Å². The second-order valence-corrected chi connectivity index (χ2v) is 4.51. The Hall–Kier alpha value is -1.42. The molecule has 1 atom stereocenters. The molecule has 0 aliphatic carbocycles. The standard InChI is InChI=1S/C12H19N3O/c1-9(2)7-15-12(3,11(13)16)10-5-4-6-14-8-10/h4-6,8-9,15H,7H2,1-3H3,(H2,13,16). The SMILES string of the molecule is CC(C)CNC(C)(C(N)=O)c1cccnc1. The van der Waals surface area contributed by atoms with Gasteiger partial charge in [0.15, 0.2) is 0 Å². The molecule has 3 N–H and O–H groups in total. The molecule has 88 valence electrons. The summed E-state index contributed by atoms with van der Waals surface area (Å²) in [6.07, 6.45) is 3.34. The lowest BCUT2D eigenvalue weighted by Crippen LogP contribution is -2.51. The Morgan fingerprint density at radius 3 is 2.75 bits per heavy atom. The van der Waals surface area contributed by atoms with Gasteiger partial charge in [0.25, 0.3) is 0 Å². The average Bonchev–Trinajstić information content (AvgIpc) is 2.26. The molecule has 1 heterocycles. The van der Waals surface area contributed by atoms with E-state index in [1.165, 1.54) is 0 Å². The van der Waals surface area contributed by atoms with Crippen LogP contribution in [0.5, 0.6) is 0 Å². The smallest absolute Gasteiger partial charge is 0.242 e. The average molecular weight is 221 g/mol. The van der Waals surface area contributed by atoms with Crippen LogP contribution < -0.4 is 11.1 Å². The lowest BCUT2D eigenvalue weighted by Gasteiger charge is -2.28. The Labute approximate surface area is 96.3 Å². The zero-order valence-electron chi connectivity index (χ0n) is 10.0. The van der Waals surface area contributed by atoms with Crippen molar-refractivity contribution in [1.29, 1.82) is 0 Å². The first-order valence-corrected chi connectivity index (χ1v) is 5.42. The van der Waals surface area contributed by atoms with Crippen molar-refractivity contribution < 1.29 is 4.79 Å². The van der Waals surface area contributed by atoms with E-state index >= 15 is 0 Å². The quantitative estimate of drug-likeness (QED) is 0.780. The van der Waals surface area contributed by atoms with Gasteiger partial charge in [-0.1, -0.05) is 19.9 Å². The fraction of sp³-hybridized carbons (Fsp3) is 0.500. The Morgan fingerprint density at radius 1 is 1.62 bits per heavy atom. The third kappa shape index (κ3) is 2.79.